The number of anilines is 1. The number of rotatable bonds is 5. The summed E-state index contributed by atoms with van der Waals surface area (Å²) in [6.45, 7) is 3.38. The van der Waals surface area contributed by atoms with Crippen LogP contribution in [0.15, 0.2) is 98.7 Å². The van der Waals surface area contributed by atoms with Crippen LogP contribution in [0.3, 0.4) is 0 Å². The number of thioether (sulfide) groups is 2. The molecule has 1 saturated heterocycles. The van der Waals surface area contributed by atoms with Crippen molar-refractivity contribution in [2.24, 2.45) is 4.99 Å². The highest BCUT2D eigenvalue weighted by Crippen LogP contribution is 2.50. The van der Waals surface area contributed by atoms with Crippen molar-refractivity contribution in [3.8, 4) is 0 Å². The smallest absolute Gasteiger partial charge is 0.269 e. The van der Waals surface area contributed by atoms with Crippen molar-refractivity contribution >= 4 is 46.0 Å². The highest BCUT2D eigenvalue weighted by molar-refractivity contribution is 8.19. The van der Waals surface area contributed by atoms with E-state index in [4.69, 9.17) is 4.99 Å². The molecule has 1 amide bonds. The van der Waals surface area contributed by atoms with Gasteiger partial charge in [0.2, 0.25) is 0 Å². The van der Waals surface area contributed by atoms with E-state index in [1.165, 1.54) is 23.9 Å². The van der Waals surface area contributed by atoms with Crippen molar-refractivity contribution < 1.29 is 9.18 Å². The van der Waals surface area contributed by atoms with Gasteiger partial charge < -0.3 is 4.90 Å². The summed E-state index contributed by atoms with van der Waals surface area (Å²) < 4.78 is 13.4. The maximum atomic E-state index is 13.6. The number of hydrogen-bond acceptors (Lipinski definition) is 5. The van der Waals surface area contributed by atoms with Crippen LogP contribution in [-0.2, 0) is 11.2 Å². The van der Waals surface area contributed by atoms with Gasteiger partial charge in [-0.3, -0.25) is 9.69 Å². The number of benzene rings is 3. The third-order valence-electron chi connectivity index (χ3n) is 5.50. The van der Waals surface area contributed by atoms with Crippen molar-refractivity contribution in [2.75, 3.05) is 18.0 Å². The number of amidine groups is 1. The fourth-order valence-electron chi connectivity index (χ4n) is 3.84. The second kappa shape index (κ2) is 9.45. The Kier molecular flexibility index (Phi) is 6.24. The van der Waals surface area contributed by atoms with Crippen molar-refractivity contribution in [3.05, 3.63) is 100 Å². The van der Waals surface area contributed by atoms with Gasteiger partial charge in [0.05, 0.1) is 11.4 Å². The van der Waals surface area contributed by atoms with Crippen LogP contribution in [-0.4, -0.2) is 29.1 Å². The maximum absolute atomic E-state index is 13.6. The lowest BCUT2D eigenvalue weighted by atomic mass is 10.1. The van der Waals surface area contributed by atoms with Gasteiger partial charge in [-0.2, -0.15) is 0 Å². The van der Waals surface area contributed by atoms with Crippen molar-refractivity contribution in [3.63, 3.8) is 0 Å². The van der Waals surface area contributed by atoms with Crippen LogP contribution in [0.2, 0.25) is 0 Å². The molecule has 0 spiro atoms. The molecular formula is C26H22FN3OS2. The van der Waals surface area contributed by atoms with E-state index in [0.717, 1.165) is 34.1 Å². The molecule has 0 saturated carbocycles. The SMILES string of the molecule is CCN1/C(=C2/SC(=Nc3ccc(F)cc3)N(CCc3ccccc3)C2=O)Sc2ccccc21. The summed E-state index contributed by atoms with van der Waals surface area (Å²) in [5.41, 5.74) is 2.91. The minimum atomic E-state index is -0.309. The predicted molar refractivity (Wildman–Crippen MR) is 135 cm³/mol. The Morgan fingerprint density at radius 3 is 2.36 bits per heavy atom. The molecule has 0 aliphatic carbocycles. The molecular weight excluding hydrogens is 453 g/mol. The summed E-state index contributed by atoms with van der Waals surface area (Å²) in [4.78, 5) is 24.1. The van der Waals surface area contributed by atoms with Crippen LogP contribution in [0.25, 0.3) is 0 Å². The molecule has 0 N–H and O–H groups in total. The van der Waals surface area contributed by atoms with Crippen LogP contribution in [0, 0.1) is 5.82 Å². The van der Waals surface area contributed by atoms with Gasteiger partial charge in [-0.1, -0.05) is 54.2 Å². The van der Waals surface area contributed by atoms with E-state index in [2.05, 4.69) is 36.1 Å². The summed E-state index contributed by atoms with van der Waals surface area (Å²) in [6.07, 6.45) is 0.725. The molecule has 5 rings (SSSR count). The van der Waals surface area contributed by atoms with E-state index >= 15 is 0 Å². The molecule has 2 aliphatic rings. The van der Waals surface area contributed by atoms with Crippen molar-refractivity contribution in [2.45, 2.75) is 18.2 Å². The molecule has 0 radical (unpaired) electrons. The number of aliphatic imine (C=N–C) groups is 1. The zero-order chi connectivity index (χ0) is 22.8. The van der Waals surface area contributed by atoms with Gasteiger partial charge in [-0.05, 0) is 67.1 Å². The Balaban J connectivity index is 1.51. The van der Waals surface area contributed by atoms with Crippen LogP contribution in [0.5, 0.6) is 0 Å². The van der Waals surface area contributed by atoms with E-state index < -0.39 is 0 Å². The molecule has 3 aromatic rings. The first-order chi connectivity index (χ1) is 16.1. The van der Waals surface area contributed by atoms with Gasteiger partial charge in [0.1, 0.15) is 15.8 Å². The lowest BCUT2D eigenvalue weighted by molar-refractivity contribution is -0.122. The highest BCUT2D eigenvalue weighted by Gasteiger charge is 2.39. The van der Waals surface area contributed by atoms with E-state index in [1.807, 2.05) is 30.3 Å². The summed E-state index contributed by atoms with van der Waals surface area (Å²) in [7, 11) is 0. The number of amides is 1. The molecule has 2 heterocycles. The Bertz CT molecular complexity index is 1240. The quantitative estimate of drug-likeness (QED) is 0.398. The average molecular weight is 476 g/mol. The molecule has 0 aromatic heterocycles. The van der Waals surface area contributed by atoms with Gasteiger partial charge in [0.15, 0.2) is 5.17 Å². The number of halogens is 1. The van der Waals surface area contributed by atoms with Crippen LogP contribution >= 0.6 is 23.5 Å². The Hall–Kier alpha value is -3.03. The second-order valence-electron chi connectivity index (χ2n) is 7.61. The van der Waals surface area contributed by atoms with Gasteiger partial charge in [0, 0.05) is 18.0 Å². The zero-order valence-corrected chi connectivity index (χ0v) is 19.7. The lowest BCUT2D eigenvalue weighted by Gasteiger charge is -2.19. The molecule has 0 atom stereocenters. The predicted octanol–water partition coefficient (Wildman–Crippen LogP) is 6.43. The van der Waals surface area contributed by atoms with Gasteiger partial charge in [0.25, 0.3) is 5.91 Å². The Labute approximate surface area is 201 Å². The third-order valence-corrected chi connectivity index (χ3v) is 7.88. The van der Waals surface area contributed by atoms with Crippen molar-refractivity contribution in [1.82, 2.24) is 4.90 Å². The molecule has 1 fully saturated rings. The summed E-state index contributed by atoms with van der Waals surface area (Å²) >= 11 is 3.03. The first-order valence-electron chi connectivity index (χ1n) is 10.8. The first-order valence-corrected chi connectivity index (χ1v) is 12.4. The zero-order valence-electron chi connectivity index (χ0n) is 18.1. The molecule has 7 heteroatoms. The third kappa shape index (κ3) is 4.43. The van der Waals surface area contributed by atoms with Crippen LogP contribution in [0.4, 0.5) is 15.8 Å². The van der Waals surface area contributed by atoms with Gasteiger partial charge >= 0.3 is 0 Å². The standard InChI is InChI=1S/C26H22FN3OS2/c1-2-29-21-10-6-7-11-22(21)32-25(29)23-24(31)30(17-16-18-8-4-3-5-9-18)26(33-23)28-20-14-12-19(27)13-15-20/h3-15H,2,16-17H2,1H3/b25-23-,28-26?. The minimum absolute atomic E-state index is 0.0365. The number of fused-ring (bicyclic) bond motifs is 1. The van der Waals surface area contributed by atoms with Crippen LogP contribution in [0.1, 0.15) is 12.5 Å². The fraction of sp³-hybridized carbons (Fsp3) is 0.154. The number of carbonyl (C=O) groups excluding carboxylic acids is 1. The Morgan fingerprint density at radius 1 is 0.879 bits per heavy atom. The summed E-state index contributed by atoms with van der Waals surface area (Å²) in [5, 5.41) is 1.57. The molecule has 0 bridgehead atoms. The lowest BCUT2D eigenvalue weighted by Crippen LogP contribution is -2.32. The van der Waals surface area contributed by atoms with Crippen LogP contribution < -0.4 is 4.90 Å². The fourth-order valence-corrected chi connectivity index (χ4v) is 6.26. The minimum Gasteiger partial charge on any atom is -0.334 e. The Morgan fingerprint density at radius 2 is 1.61 bits per heavy atom. The van der Waals surface area contributed by atoms with E-state index in [1.54, 1.807) is 28.8 Å². The molecule has 0 unspecified atom stereocenters. The largest absolute Gasteiger partial charge is 0.334 e. The average Bonchev–Trinajstić information content (AvgIpc) is 3.36. The summed E-state index contributed by atoms with van der Waals surface area (Å²) in [5.74, 6) is -0.345. The molecule has 4 nitrogen and oxygen atoms in total. The molecule has 166 valence electrons. The van der Waals surface area contributed by atoms with Gasteiger partial charge in [-0.15, -0.1) is 0 Å². The number of carbonyl (C=O) groups is 1. The monoisotopic (exact) mass is 475 g/mol. The topological polar surface area (TPSA) is 35.9 Å². The van der Waals surface area contributed by atoms with Gasteiger partial charge in [-0.25, -0.2) is 9.38 Å². The number of nitrogens with zero attached hydrogens (tertiary/aromatic N) is 3. The van der Waals surface area contributed by atoms with E-state index in [0.29, 0.717) is 22.3 Å². The highest BCUT2D eigenvalue weighted by atomic mass is 32.2. The normalized spacial score (nSPS) is 19.0. The van der Waals surface area contributed by atoms with E-state index in [9.17, 15) is 9.18 Å². The number of para-hydroxylation sites is 1. The molecule has 33 heavy (non-hydrogen) atoms. The summed E-state index contributed by atoms with van der Waals surface area (Å²) in [6, 6.07) is 24.4. The maximum Gasteiger partial charge on any atom is 0.269 e. The second-order valence-corrected chi connectivity index (χ2v) is 9.62. The van der Waals surface area contributed by atoms with E-state index in [-0.39, 0.29) is 11.7 Å². The molecule has 2 aliphatic heterocycles. The van der Waals surface area contributed by atoms with Crippen molar-refractivity contribution in [1.29, 1.82) is 0 Å². The first kappa shape index (κ1) is 21.8. The number of hydrogen-bond donors (Lipinski definition) is 0. The molecule has 3 aromatic carbocycles.